The highest BCUT2D eigenvalue weighted by atomic mass is 32.2. The lowest BCUT2D eigenvalue weighted by Crippen LogP contribution is -2.29. The Morgan fingerprint density at radius 2 is 2.05 bits per heavy atom. The number of hydrogen-bond donors (Lipinski definition) is 1. The van der Waals surface area contributed by atoms with Crippen LogP contribution in [0.1, 0.15) is 12.0 Å². The molecule has 98 valence electrons. The smallest absolute Gasteiger partial charge is 0.179 e. The van der Waals surface area contributed by atoms with E-state index in [4.69, 9.17) is 0 Å². The number of thioether (sulfide) groups is 1. The molecule has 0 heterocycles. The third-order valence-corrected chi connectivity index (χ3v) is 4.13. The first-order chi connectivity index (χ1) is 9.03. The molecule has 1 aromatic carbocycles. The van der Waals surface area contributed by atoms with Gasteiger partial charge in [0.05, 0.1) is 0 Å². The van der Waals surface area contributed by atoms with Crippen molar-refractivity contribution in [2.24, 2.45) is 0 Å². The van der Waals surface area contributed by atoms with E-state index in [0.29, 0.717) is 11.3 Å². The minimum Gasteiger partial charge on any atom is -0.380 e. The number of rotatable bonds is 4. The zero-order chi connectivity index (χ0) is 13.9. The highest BCUT2D eigenvalue weighted by molar-refractivity contribution is 8.03. The zero-order valence-corrected chi connectivity index (χ0v) is 11.6. The molecule has 0 radical (unpaired) electrons. The molecule has 1 unspecified atom stereocenters. The Bertz CT molecular complexity index is 555. The van der Waals surface area contributed by atoms with E-state index in [1.807, 2.05) is 31.2 Å². The minimum absolute atomic E-state index is 0.0941. The van der Waals surface area contributed by atoms with Crippen molar-refractivity contribution in [1.82, 2.24) is 0 Å². The number of hydrogen-bond acceptors (Lipinski definition) is 3. The van der Waals surface area contributed by atoms with Crippen molar-refractivity contribution in [2.45, 2.75) is 23.8 Å². The van der Waals surface area contributed by atoms with Crippen molar-refractivity contribution in [1.29, 1.82) is 0 Å². The van der Waals surface area contributed by atoms with Gasteiger partial charge in [0.1, 0.15) is 5.60 Å². The fourth-order valence-electron chi connectivity index (χ4n) is 1.84. The van der Waals surface area contributed by atoms with Gasteiger partial charge in [0, 0.05) is 16.2 Å². The lowest BCUT2D eigenvalue weighted by atomic mass is 9.94. The molecule has 1 N–H and O–H groups in total. The summed E-state index contributed by atoms with van der Waals surface area (Å²) in [7, 11) is 0. The molecule has 0 bridgehead atoms. The van der Waals surface area contributed by atoms with Crippen LogP contribution in [0.4, 0.5) is 0 Å². The first-order valence-corrected chi connectivity index (χ1v) is 6.88. The van der Waals surface area contributed by atoms with Gasteiger partial charge in [-0.15, -0.1) is 6.58 Å². The Morgan fingerprint density at radius 1 is 1.37 bits per heavy atom. The first kappa shape index (κ1) is 13.8. The van der Waals surface area contributed by atoms with E-state index < -0.39 is 5.60 Å². The summed E-state index contributed by atoms with van der Waals surface area (Å²) in [6.45, 7) is 5.68. The SMILES string of the molecule is C=CCC1(O)C=CC(=O)C=C1Sc1ccc(C)cc1. The van der Waals surface area contributed by atoms with Crippen LogP contribution >= 0.6 is 11.8 Å². The number of carbonyl (C=O) groups excluding carboxylic acids is 1. The maximum absolute atomic E-state index is 11.5. The quantitative estimate of drug-likeness (QED) is 0.853. The van der Waals surface area contributed by atoms with Gasteiger partial charge in [-0.25, -0.2) is 0 Å². The fraction of sp³-hybridized carbons (Fsp3) is 0.188. The van der Waals surface area contributed by atoms with Gasteiger partial charge >= 0.3 is 0 Å². The van der Waals surface area contributed by atoms with Crippen LogP contribution in [0, 0.1) is 6.92 Å². The van der Waals surface area contributed by atoms with Crippen LogP contribution in [0.25, 0.3) is 0 Å². The third kappa shape index (κ3) is 3.25. The van der Waals surface area contributed by atoms with Crippen LogP contribution in [0.2, 0.25) is 0 Å². The Hall–Kier alpha value is -1.58. The summed E-state index contributed by atoms with van der Waals surface area (Å²) in [6.07, 6.45) is 6.50. The monoisotopic (exact) mass is 272 g/mol. The van der Waals surface area contributed by atoms with Gasteiger partial charge in [0.15, 0.2) is 5.78 Å². The molecule has 0 fully saturated rings. The summed E-state index contributed by atoms with van der Waals surface area (Å²) in [5, 5.41) is 10.6. The number of benzene rings is 1. The highest BCUT2D eigenvalue weighted by Crippen LogP contribution is 2.39. The van der Waals surface area contributed by atoms with Gasteiger partial charge in [-0.05, 0) is 37.3 Å². The number of allylic oxidation sites excluding steroid dienone is 2. The van der Waals surface area contributed by atoms with Gasteiger partial charge in [-0.3, -0.25) is 4.79 Å². The van der Waals surface area contributed by atoms with Gasteiger partial charge < -0.3 is 5.11 Å². The van der Waals surface area contributed by atoms with Crippen LogP contribution in [0.3, 0.4) is 0 Å². The minimum atomic E-state index is -1.12. The molecule has 0 saturated heterocycles. The molecule has 0 aliphatic heterocycles. The molecule has 0 amide bonds. The normalized spacial score (nSPS) is 22.2. The second kappa shape index (κ2) is 5.59. The Labute approximate surface area is 117 Å². The predicted molar refractivity (Wildman–Crippen MR) is 79.0 cm³/mol. The maximum Gasteiger partial charge on any atom is 0.179 e. The van der Waals surface area contributed by atoms with Gasteiger partial charge in [0.25, 0.3) is 0 Å². The van der Waals surface area contributed by atoms with E-state index in [9.17, 15) is 9.90 Å². The van der Waals surface area contributed by atoms with E-state index in [-0.39, 0.29) is 5.78 Å². The Balaban J connectivity index is 2.27. The second-order valence-corrected chi connectivity index (χ2v) is 5.69. The van der Waals surface area contributed by atoms with Crippen molar-refractivity contribution < 1.29 is 9.90 Å². The summed E-state index contributed by atoms with van der Waals surface area (Å²) in [5.41, 5.74) is 0.0601. The Kier molecular flexibility index (Phi) is 4.08. The predicted octanol–water partition coefficient (Wildman–Crippen LogP) is 3.42. The average molecular weight is 272 g/mol. The molecule has 0 aromatic heterocycles. The second-order valence-electron chi connectivity index (χ2n) is 4.58. The van der Waals surface area contributed by atoms with E-state index in [1.54, 1.807) is 12.2 Å². The molecule has 0 saturated carbocycles. The van der Waals surface area contributed by atoms with Gasteiger partial charge in [-0.1, -0.05) is 35.5 Å². The maximum atomic E-state index is 11.5. The van der Waals surface area contributed by atoms with Crippen LogP contribution < -0.4 is 0 Å². The molecule has 1 aliphatic carbocycles. The van der Waals surface area contributed by atoms with Crippen LogP contribution in [0.15, 0.2) is 64.9 Å². The molecule has 1 aliphatic rings. The molecular formula is C16H16O2S. The van der Waals surface area contributed by atoms with Crippen LogP contribution in [0.5, 0.6) is 0 Å². The molecule has 0 spiro atoms. The van der Waals surface area contributed by atoms with E-state index >= 15 is 0 Å². The first-order valence-electron chi connectivity index (χ1n) is 6.07. The summed E-state index contributed by atoms with van der Waals surface area (Å²) in [4.78, 5) is 13.1. The van der Waals surface area contributed by atoms with Crippen molar-refractivity contribution >= 4 is 17.5 Å². The number of aryl methyl sites for hydroxylation is 1. The Morgan fingerprint density at radius 3 is 2.68 bits per heavy atom. The topological polar surface area (TPSA) is 37.3 Å². The van der Waals surface area contributed by atoms with Crippen molar-refractivity contribution in [3.05, 3.63) is 65.6 Å². The summed E-state index contributed by atoms with van der Waals surface area (Å²) in [6, 6.07) is 7.99. The molecule has 2 rings (SSSR count). The lowest BCUT2D eigenvalue weighted by molar-refractivity contribution is -0.110. The van der Waals surface area contributed by atoms with E-state index in [0.717, 1.165) is 4.90 Å². The zero-order valence-electron chi connectivity index (χ0n) is 10.8. The van der Waals surface area contributed by atoms with E-state index in [1.165, 1.54) is 29.5 Å². The number of ketones is 1. The number of aliphatic hydroxyl groups is 1. The standard InChI is InChI=1S/C16H16O2S/c1-3-9-16(18)10-8-13(17)11-15(16)19-14-6-4-12(2)5-7-14/h3-8,10-11,18H,1,9H2,2H3. The molecular weight excluding hydrogens is 256 g/mol. The third-order valence-electron chi connectivity index (χ3n) is 2.93. The summed E-state index contributed by atoms with van der Waals surface area (Å²) >= 11 is 1.42. The largest absolute Gasteiger partial charge is 0.380 e. The molecule has 1 aromatic rings. The summed E-state index contributed by atoms with van der Waals surface area (Å²) < 4.78 is 0. The molecule has 1 atom stereocenters. The van der Waals surface area contributed by atoms with E-state index in [2.05, 4.69) is 6.58 Å². The van der Waals surface area contributed by atoms with Crippen molar-refractivity contribution in [2.75, 3.05) is 0 Å². The van der Waals surface area contributed by atoms with Gasteiger partial charge in [0.2, 0.25) is 0 Å². The fourth-order valence-corrected chi connectivity index (χ4v) is 2.87. The average Bonchev–Trinajstić information content (AvgIpc) is 2.37. The van der Waals surface area contributed by atoms with Gasteiger partial charge in [-0.2, -0.15) is 0 Å². The van der Waals surface area contributed by atoms with Crippen molar-refractivity contribution in [3.8, 4) is 0 Å². The van der Waals surface area contributed by atoms with Crippen LogP contribution in [-0.2, 0) is 4.79 Å². The molecule has 3 heteroatoms. The molecule has 19 heavy (non-hydrogen) atoms. The highest BCUT2D eigenvalue weighted by Gasteiger charge is 2.31. The lowest BCUT2D eigenvalue weighted by Gasteiger charge is -2.28. The number of carbonyl (C=O) groups is 1. The summed E-state index contributed by atoms with van der Waals surface area (Å²) in [5.74, 6) is -0.0941. The molecule has 2 nitrogen and oxygen atoms in total. The van der Waals surface area contributed by atoms with Crippen molar-refractivity contribution in [3.63, 3.8) is 0 Å². The van der Waals surface area contributed by atoms with Crippen LogP contribution in [-0.4, -0.2) is 16.5 Å².